The summed E-state index contributed by atoms with van der Waals surface area (Å²) >= 11 is 1.66. The Balaban J connectivity index is 1.61. The van der Waals surface area contributed by atoms with E-state index >= 15 is 0 Å². The lowest BCUT2D eigenvalue weighted by Crippen LogP contribution is -2.40. The predicted molar refractivity (Wildman–Crippen MR) is 92.8 cm³/mol. The predicted octanol–water partition coefficient (Wildman–Crippen LogP) is 1.21. The number of fused-ring (bicyclic) bond motifs is 1. The highest BCUT2D eigenvalue weighted by Gasteiger charge is 2.28. The molecule has 3 aromatic rings. The van der Waals surface area contributed by atoms with Gasteiger partial charge < -0.3 is 14.4 Å². The lowest BCUT2D eigenvalue weighted by molar-refractivity contribution is 0.0298. The third-order valence-electron chi connectivity index (χ3n) is 4.12. The van der Waals surface area contributed by atoms with Gasteiger partial charge in [0.15, 0.2) is 11.6 Å². The monoisotopic (exact) mass is 361 g/mol. The number of aromatic nitrogens is 6. The molecule has 4 rings (SSSR count). The smallest absolute Gasteiger partial charge is 0.182 e. The quantitative estimate of drug-likeness (QED) is 0.670. The molecule has 132 valence electrons. The fourth-order valence-electron chi connectivity index (χ4n) is 2.95. The zero-order valence-electron chi connectivity index (χ0n) is 14.1. The third kappa shape index (κ3) is 3.20. The maximum Gasteiger partial charge on any atom is 0.182 e. The summed E-state index contributed by atoms with van der Waals surface area (Å²) in [5.74, 6) is 2.45. The van der Waals surface area contributed by atoms with Crippen LogP contribution in [-0.2, 0) is 16.0 Å². The van der Waals surface area contributed by atoms with Gasteiger partial charge in [-0.05, 0) is 28.8 Å². The van der Waals surface area contributed by atoms with E-state index in [-0.39, 0.29) is 6.10 Å². The summed E-state index contributed by atoms with van der Waals surface area (Å²) in [7, 11) is 1.66. The fourth-order valence-corrected chi connectivity index (χ4v) is 3.80. The highest BCUT2D eigenvalue weighted by atomic mass is 32.1. The van der Waals surface area contributed by atoms with E-state index in [0.29, 0.717) is 26.3 Å². The second-order valence-electron chi connectivity index (χ2n) is 5.79. The van der Waals surface area contributed by atoms with Crippen molar-refractivity contribution in [3.63, 3.8) is 0 Å². The maximum absolute atomic E-state index is 5.93. The highest BCUT2D eigenvalue weighted by molar-refractivity contribution is 7.17. The van der Waals surface area contributed by atoms with Gasteiger partial charge in [-0.1, -0.05) is 0 Å². The lowest BCUT2D eigenvalue weighted by Gasteiger charge is -2.33. The van der Waals surface area contributed by atoms with E-state index < -0.39 is 0 Å². The Labute approximate surface area is 148 Å². The second-order valence-corrected chi connectivity index (χ2v) is 6.70. The van der Waals surface area contributed by atoms with Crippen LogP contribution < -0.4 is 4.90 Å². The van der Waals surface area contributed by atoms with Crippen molar-refractivity contribution >= 4 is 27.4 Å². The van der Waals surface area contributed by atoms with Crippen molar-refractivity contribution in [3.05, 3.63) is 23.1 Å². The Bertz CT molecular complexity index is 865. The van der Waals surface area contributed by atoms with E-state index in [0.717, 1.165) is 34.2 Å². The van der Waals surface area contributed by atoms with Crippen LogP contribution in [0.1, 0.15) is 17.8 Å². The molecule has 0 bridgehead atoms. The second kappa shape index (κ2) is 6.98. The van der Waals surface area contributed by atoms with Gasteiger partial charge in [-0.15, -0.1) is 16.4 Å². The number of anilines is 1. The fraction of sp³-hybridized carbons (Fsp3) is 0.533. The summed E-state index contributed by atoms with van der Waals surface area (Å²) < 4.78 is 13.9. The van der Waals surface area contributed by atoms with E-state index in [1.807, 2.05) is 18.4 Å². The zero-order chi connectivity index (χ0) is 17.2. The van der Waals surface area contributed by atoms with E-state index in [1.54, 1.807) is 23.1 Å². The van der Waals surface area contributed by atoms with Gasteiger partial charge in [0.1, 0.15) is 11.9 Å². The van der Waals surface area contributed by atoms with E-state index in [4.69, 9.17) is 9.47 Å². The molecule has 1 aliphatic rings. The van der Waals surface area contributed by atoms with Crippen molar-refractivity contribution in [1.82, 2.24) is 30.2 Å². The van der Waals surface area contributed by atoms with Gasteiger partial charge in [-0.2, -0.15) is 0 Å². The molecule has 3 aromatic heterocycles. The Morgan fingerprint density at radius 1 is 1.40 bits per heavy atom. The molecule has 1 aliphatic heterocycles. The van der Waals surface area contributed by atoms with Crippen LogP contribution >= 0.6 is 11.3 Å². The first-order valence-corrected chi connectivity index (χ1v) is 8.97. The van der Waals surface area contributed by atoms with Crippen molar-refractivity contribution in [2.75, 3.05) is 38.3 Å². The first kappa shape index (κ1) is 16.3. The summed E-state index contributed by atoms with van der Waals surface area (Å²) in [6.07, 6.45) is -0.203. The summed E-state index contributed by atoms with van der Waals surface area (Å²) in [4.78, 5) is 11.4. The largest absolute Gasteiger partial charge is 0.383 e. The SMILES string of the molecule is COCCn1nnnc1[C@@H]1CN(c2nc(C)nc3ccsc23)CCO1. The normalized spacial score (nSPS) is 18.2. The Kier molecular flexibility index (Phi) is 4.55. The summed E-state index contributed by atoms with van der Waals surface area (Å²) in [6, 6.07) is 2.03. The molecule has 1 atom stereocenters. The van der Waals surface area contributed by atoms with Crippen LogP contribution in [0.2, 0.25) is 0 Å². The molecule has 1 saturated heterocycles. The molecule has 4 heterocycles. The number of thiophene rings is 1. The number of ether oxygens (including phenoxy) is 2. The molecule has 0 unspecified atom stereocenters. The maximum atomic E-state index is 5.93. The molecular formula is C15H19N7O2S. The number of hydrogen-bond donors (Lipinski definition) is 0. The summed E-state index contributed by atoms with van der Waals surface area (Å²) in [6.45, 7) is 5.09. The molecule has 10 heteroatoms. The number of rotatable bonds is 5. The first-order valence-electron chi connectivity index (χ1n) is 8.09. The van der Waals surface area contributed by atoms with Gasteiger partial charge in [-0.3, -0.25) is 0 Å². The number of methoxy groups -OCH3 is 1. The standard InChI is InChI=1S/C15H19N7O2S/c1-10-16-11-3-8-25-13(11)15(17-10)21-4-7-24-12(9-21)14-18-19-20-22(14)5-6-23-2/h3,8,12H,4-7,9H2,1-2H3/t12-/m0/s1. The third-order valence-corrected chi connectivity index (χ3v) is 5.02. The van der Waals surface area contributed by atoms with Crippen molar-refractivity contribution in [2.24, 2.45) is 0 Å². The molecule has 0 saturated carbocycles. The number of nitrogens with zero attached hydrogens (tertiary/aromatic N) is 7. The molecule has 0 aliphatic carbocycles. The average Bonchev–Trinajstić information content (AvgIpc) is 3.28. The molecule has 25 heavy (non-hydrogen) atoms. The summed E-state index contributed by atoms with van der Waals surface area (Å²) in [5, 5.41) is 14.0. The van der Waals surface area contributed by atoms with Gasteiger partial charge in [-0.25, -0.2) is 14.6 Å². The van der Waals surface area contributed by atoms with Crippen LogP contribution in [0.15, 0.2) is 11.4 Å². The van der Waals surface area contributed by atoms with Crippen molar-refractivity contribution < 1.29 is 9.47 Å². The molecular weight excluding hydrogens is 342 g/mol. The van der Waals surface area contributed by atoms with Crippen LogP contribution in [0, 0.1) is 6.92 Å². The minimum atomic E-state index is -0.203. The molecule has 0 N–H and O–H groups in total. The minimum Gasteiger partial charge on any atom is -0.383 e. The van der Waals surface area contributed by atoms with E-state index in [9.17, 15) is 0 Å². The highest BCUT2D eigenvalue weighted by Crippen LogP contribution is 2.31. The van der Waals surface area contributed by atoms with Crippen molar-refractivity contribution in [2.45, 2.75) is 19.6 Å². The van der Waals surface area contributed by atoms with E-state index in [2.05, 4.69) is 30.4 Å². The number of aryl methyl sites for hydroxylation is 1. The molecule has 0 spiro atoms. The molecule has 0 aromatic carbocycles. The number of tetrazole rings is 1. The topological polar surface area (TPSA) is 91.1 Å². The van der Waals surface area contributed by atoms with Crippen LogP contribution in [0.25, 0.3) is 10.2 Å². The van der Waals surface area contributed by atoms with E-state index in [1.165, 1.54) is 0 Å². The van der Waals surface area contributed by atoms with Gasteiger partial charge in [0.2, 0.25) is 0 Å². The molecule has 1 fully saturated rings. The molecule has 9 nitrogen and oxygen atoms in total. The van der Waals surface area contributed by atoms with Crippen molar-refractivity contribution in [3.8, 4) is 0 Å². The van der Waals surface area contributed by atoms with Gasteiger partial charge in [0.25, 0.3) is 0 Å². The number of hydrogen-bond acceptors (Lipinski definition) is 9. The van der Waals surface area contributed by atoms with Crippen LogP contribution in [0.4, 0.5) is 5.82 Å². The van der Waals surface area contributed by atoms with Gasteiger partial charge in [0.05, 0.1) is 36.5 Å². The Hall–Kier alpha value is -2.17. The lowest BCUT2D eigenvalue weighted by atomic mass is 10.2. The van der Waals surface area contributed by atoms with Gasteiger partial charge in [0, 0.05) is 13.7 Å². The molecule has 0 amide bonds. The van der Waals surface area contributed by atoms with Crippen LogP contribution in [0.3, 0.4) is 0 Å². The van der Waals surface area contributed by atoms with Gasteiger partial charge >= 0.3 is 0 Å². The van der Waals surface area contributed by atoms with Crippen molar-refractivity contribution in [1.29, 1.82) is 0 Å². The van der Waals surface area contributed by atoms with Crippen LogP contribution in [-0.4, -0.2) is 63.6 Å². The zero-order valence-corrected chi connectivity index (χ0v) is 14.9. The summed E-state index contributed by atoms with van der Waals surface area (Å²) in [5.41, 5.74) is 0.987. The molecule has 0 radical (unpaired) electrons. The average molecular weight is 361 g/mol. The Morgan fingerprint density at radius 3 is 3.20 bits per heavy atom. The van der Waals surface area contributed by atoms with Crippen LogP contribution in [0.5, 0.6) is 0 Å². The Morgan fingerprint density at radius 2 is 2.32 bits per heavy atom. The first-order chi connectivity index (χ1) is 12.3. The number of morpholine rings is 1. The minimum absolute atomic E-state index is 0.203.